The molecule has 0 unspecified atom stereocenters. The number of halogens is 1. The molecule has 0 aliphatic carbocycles. The fourth-order valence-corrected chi connectivity index (χ4v) is 4.03. The molecule has 1 aliphatic heterocycles. The topological polar surface area (TPSA) is 61.5 Å². The number of hydrogen-bond acceptors (Lipinski definition) is 6. The Morgan fingerprint density at radius 1 is 1.04 bits per heavy atom. The van der Waals surface area contributed by atoms with Gasteiger partial charge in [-0.3, -0.25) is 0 Å². The SMILES string of the molecule is Clc1ccccc1-c1ccnc2nc(SCc3ccc4c(c3)OCCO4)nn12. The first-order valence-electron chi connectivity index (χ1n) is 8.76. The maximum atomic E-state index is 6.36. The highest BCUT2D eigenvalue weighted by Crippen LogP contribution is 2.33. The van der Waals surface area contributed by atoms with Crippen LogP contribution < -0.4 is 9.47 Å². The minimum absolute atomic E-state index is 0.544. The highest BCUT2D eigenvalue weighted by molar-refractivity contribution is 7.98. The molecule has 0 fully saturated rings. The Morgan fingerprint density at radius 2 is 1.89 bits per heavy atom. The van der Waals surface area contributed by atoms with Gasteiger partial charge in [0.1, 0.15) is 13.2 Å². The Labute approximate surface area is 170 Å². The summed E-state index contributed by atoms with van der Waals surface area (Å²) < 4.78 is 12.9. The Kier molecular flexibility index (Phi) is 4.54. The molecule has 3 heterocycles. The van der Waals surface area contributed by atoms with E-state index in [1.54, 1.807) is 22.5 Å². The average Bonchev–Trinajstić information content (AvgIpc) is 3.16. The molecule has 0 saturated heterocycles. The van der Waals surface area contributed by atoms with Gasteiger partial charge in [0.2, 0.25) is 5.16 Å². The van der Waals surface area contributed by atoms with Crippen LogP contribution in [0.5, 0.6) is 11.5 Å². The maximum Gasteiger partial charge on any atom is 0.253 e. The molecule has 140 valence electrons. The van der Waals surface area contributed by atoms with Crippen molar-refractivity contribution >= 4 is 29.1 Å². The predicted octanol–water partition coefficient (Wildman–Crippen LogP) is 4.51. The van der Waals surface area contributed by atoms with E-state index in [-0.39, 0.29) is 0 Å². The minimum Gasteiger partial charge on any atom is -0.486 e. The number of nitrogens with zero attached hydrogens (tertiary/aromatic N) is 4. The van der Waals surface area contributed by atoms with Gasteiger partial charge in [0, 0.05) is 22.5 Å². The zero-order valence-electron chi connectivity index (χ0n) is 14.7. The van der Waals surface area contributed by atoms with Crippen LogP contribution in [-0.4, -0.2) is 32.8 Å². The second-order valence-electron chi connectivity index (χ2n) is 6.18. The summed E-state index contributed by atoms with van der Waals surface area (Å²) in [7, 11) is 0. The molecule has 0 radical (unpaired) electrons. The second-order valence-corrected chi connectivity index (χ2v) is 7.53. The smallest absolute Gasteiger partial charge is 0.253 e. The molecular weight excluding hydrogens is 396 g/mol. The second kappa shape index (κ2) is 7.33. The Morgan fingerprint density at radius 3 is 2.79 bits per heavy atom. The fourth-order valence-electron chi connectivity index (χ4n) is 3.04. The van der Waals surface area contributed by atoms with E-state index in [2.05, 4.69) is 15.1 Å². The van der Waals surface area contributed by atoms with Gasteiger partial charge in [-0.15, -0.1) is 5.10 Å². The summed E-state index contributed by atoms with van der Waals surface area (Å²) in [6.45, 7) is 1.17. The van der Waals surface area contributed by atoms with Crippen molar-refractivity contribution in [2.45, 2.75) is 10.9 Å². The lowest BCUT2D eigenvalue weighted by Crippen LogP contribution is -2.15. The van der Waals surface area contributed by atoms with Crippen LogP contribution in [0.1, 0.15) is 5.56 Å². The summed E-state index contributed by atoms with van der Waals surface area (Å²) in [4.78, 5) is 8.86. The van der Waals surface area contributed by atoms with Crippen molar-refractivity contribution < 1.29 is 9.47 Å². The number of aromatic nitrogens is 4. The summed E-state index contributed by atoms with van der Waals surface area (Å²) in [5.41, 5.74) is 2.87. The van der Waals surface area contributed by atoms with Crippen molar-refractivity contribution in [2.24, 2.45) is 0 Å². The lowest BCUT2D eigenvalue weighted by atomic mass is 10.1. The predicted molar refractivity (Wildman–Crippen MR) is 108 cm³/mol. The average molecular weight is 411 g/mol. The molecule has 0 atom stereocenters. The van der Waals surface area contributed by atoms with E-state index in [0.717, 1.165) is 34.1 Å². The van der Waals surface area contributed by atoms with E-state index in [1.165, 1.54) is 0 Å². The number of hydrogen-bond donors (Lipinski definition) is 0. The zero-order valence-corrected chi connectivity index (χ0v) is 16.3. The first-order valence-corrected chi connectivity index (χ1v) is 10.1. The van der Waals surface area contributed by atoms with Crippen molar-refractivity contribution in [2.75, 3.05) is 13.2 Å². The van der Waals surface area contributed by atoms with E-state index in [9.17, 15) is 0 Å². The summed E-state index contributed by atoms with van der Waals surface area (Å²) in [5.74, 6) is 2.84. The number of fused-ring (bicyclic) bond motifs is 2. The van der Waals surface area contributed by atoms with E-state index < -0.39 is 0 Å². The van der Waals surface area contributed by atoms with Crippen LogP contribution in [0.25, 0.3) is 17.0 Å². The van der Waals surface area contributed by atoms with Gasteiger partial charge >= 0.3 is 0 Å². The monoisotopic (exact) mass is 410 g/mol. The first-order chi connectivity index (χ1) is 13.8. The van der Waals surface area contributed by atoms with E-state index in [4.69, 9.17) is 21.1 Å². The molecule has 1 aliphatic rings. The molecule has 4 aromatic rings. The van der Waals surface area contributed by atoms with Crippen LogP contribution in [-0.2, 0) is 5.75 Å². The molecule has 0 N–H and O–H groups in total. The quantitative estimate of drug-likeness (QED) is 0.461. The Balaban J connectivity index is 1.42. The van der Waals surface area contributed by atoms with Crippen LogP contribution in [0.4, 0.5) is 0 Å². The molecule has 8 heteroatoms. The van der Waals surface area contributed by atoms with Gasteiger partial charge in [0.25, 0.3) is 5.78 Å². The lowest BCUT2D eigenvalue weighted by molar-refractivity contribution is 0.171. The molecule has 28 heavy (non-hydrogen) atoms. The summed E-state index contributed by atoms with van der Waals surface area (Å²) in [6, 6.07) is 15.5. The third kappa shape index (κ3) is 3.27. The minimum atomic E-state index is 0.544. The molecule has 0 saturated carbocycles. The standard InChI is InChI=1S/C20H15ClN4O2S/c21-15-4-2-1-3-14(15)16-7-8-22-19-23-20(24-25(16)19)28-12-13-5-6-17-18(11-13)27-10-9-26-17/h1-8,11H,9-10,12H2. The van der Waals surface area contributed by atoms with Gasteiger partial charge in [-0.05, 0) is 29.8 Å². The van der Waals surface area contributed by atoms with E-state index in [0.29, 0.717) is 29.2 Å². The van der Waals surface area contributed by atoms with Gasteiger partial charge in [0.15, 0.2) is 11.5 Å². The normalized spacial score (nSPS) is 13.0. The highest BCUT2D eigenvalue weighted by Gasteiger charge is 2.14. The van der Waals surface area contributed by atoms with E-state index >= 15 is 0 Å². The molecule has 0 bridgehead atoms. The third-order valence-corrected chi connectivity index (χ3v) is 5.58. The van der Waals surface area contributed by atoms with Gasteiger partial charge < -0.3 is 9.47 Å². The fraction of sp³-hybridized carbons (Fsp3) is 0.150. The molecule has 0 spiro atoms. The van der Waals surface area contributed by atoms with Crippen LogP contribution in [0.3, 0.4) is 0 Å². The summed E-state index contributed by atoms with van der Waals surface area (Å²) in [6.07, 6.45) is 1.72. The van der Waals surface area contributed by atoms with E-state index in [1.807, 2.05) is 48.5 Å². The van der Waals surface area contributed by atoms with Gasteiger partial charge in [-0.25, -0.2) is 4.98 Å². The van der Waals surface area contributed by atoms with Crippen molar-refractivity contribution in [1.29, 1.82) is 0 Å². The number of thioether (sulfide) groups is 1. The molecule has 2 aromatic carbocycles. The summed E-state index contributed by atoms with van der Waals surface area (Å²) in [5, 5.41) is 5.94. The maximum absolute atomic E-state index is 6.36. The van der Waals surface area contributed by atoms with Crippen LogP contribution >= 0.6 is 23.4 Å². The Hall–Kier alpha value is -2.77. The molecule has 0 amide bonds. The largest absolute Gasteiger partial charge is 0.486 e. The molecular formula is C20H15ClN4O2S. The van der Waals surface area contributed by atoms with Crippen LogP contribution in [0.2, 0.25) is 5.02 Å². The van der Waals surface area contributed by atoms with Crippen molar-refractivity contribution in [3.63, 3.8) is 0 Å². The number of rotatable bonds is 4. The molecule has 6 nitrogen and oxygen atoms in total. The molecule has 5 rings (SSSR count). The van der Waals surface area contributed by atoms with Crippen LogP contribution in [0, 0.1) is 0 Å². The summed E-state index contributed by atoms with van der Waals surface area (Å²) >= 11 is 7.90. The lowest BCUT2D eigenvalue weighted by Gasteiger charge is -2.18. The van der Waals surface area contributed by atoms with Crippen molar-refractivity contribution in [3.8, 4) is 22.8 Å². The van der Waals surface area contributed by atoms with Gasteiger partial charge in [0.05, 0.1) is 5.69 Å². The van der Waals surface area contributed by atoms with Gasteiger partial charge in [-0.2, -0.15) is 9.50 Å². The van der Waals surface area contributed by atoms with Crippen molar-refractivity contribution in [1.82, 2.24) is 19.6 Å². The molecule has 2 aromatic heterocycles. The number of benzene rings is 2. The number of ether oxygens (including phenoxy) is 2. The Bertz CT molecular complexity index is 1160. The van der Waals surface area contributed by atoms with Crippen molar-refractivity contribution in [3.05, 3.63) is 65.3 Å². The first kappa shape index (κ1) is 17.3. The van der Waals surface area contributed by atoms with Crippen LogP contribution in [0.15, 0.2) is 59.9 Å². The van der Waals surface area contributed by atoms with Gasteiger partial charge in [-0.1, -0.05) is 47.6 Å². The highest BCUT2D eigenvalue weighted by atomic mass is 35.5. The third-order valence-electron chi connectivity index (χ3n) is 4.35. The zero-order chi connectivity index (χ0) is 18.9.